The zero-order valence-corrected chi connectivity index (χ0v) is 19.1. The molecule has 0 saturated carbocycles. The molecule has 0 fully saturated rings. The summed E-state index contributed by atoms with van der Waals surface area (Å²) in [5, 5.41) is 25.1. The summed E-state index contributed by atoms with van der Waals surface area (Å²) in [6.45, 7) is 3.39. The van der Waals surface area contributed by atoms with Gasteiger partial charge in [0.15, 0.2) is 0 Å². The minimum atomic E-state index is -1.15. The van der Waals surface area contributed by atoms with Gasteiger partial charge in [0.05, 0.1) is 6.04 Å². The summed E-state index contributed by atoms with van der Waals surface area (Å²) < 4.78 is 0. The van der Waals surface area contributed by atoms with Crippen molar-refractivity contribution >= 4 is 28.7 Å². The number of H-pyrrole nitrogens is 1. The van der Waals surface area contributed by atoms with E-state index in [2.05, 4.69) is 15.6 Å². The van der Waals surface area contributed by atoms with Crippen molar-refractivity contribution in [3.63, 3.8) is 0 Å². The van der Waals surface area contributed by atoms with Gasteiger partial charge in [0.25, 0.3) is 0 Å². The Hall–Kier alpha value is -3.85. The molecule has 0 aliphatic rings. The van der Waals surface area contributed by atoms with Crippen LogP contribution < -0.4 is 16.4 Å². The van der Waals surface area contributed by atoms with Gasteiger partial charge in [-0.25, -0.2) is 4.79 Å². The van der Waals surface area contributed by atoms with Crippen LogP contribution in [0.3, 0.4) is 0 Å². The minimum Gasteiger partial charge on any atom is -0.508 e. The van der Waals surface area contributed by atoms with E-state index in [1.165, 1.54) is 12.1 Å². The van der Waals surface area contributed by atoms with Crippen molar-refractivity contribution in [3.8, 4) is 5.75 Å². The Labute approximate surface area is 197 Å². The molecule has 34 heavy (non-hydrogen) atoms. The van der Waals surface area contributed by atoms with E-state index in [-0.39, 0.29) is 24.5 Å². The fourth-order valence-electron chi connectivity index (χ4n) is 3.75. The van der Waals surface area contributed by atoms with Crippen LogP contribution in [-0.4, -0.2) is 51.1 Å². The number of phenolic OH excluding ortho intramolecular Hbond substituents is 1. The molecule has 1 heterocycles. The van der Waals surface area contributed by atoms with Gasteiger partial charge in [-0.15, -0.1) is 0 Å². The standard InChI is InChI=1S/C25H30N4O5/c1-14(2)22(25(33)34)29-24(32)21(12-16-13-27-20-6-4-3-5-18(16)20)28-23(31)19(26)11-15-7-9-17(30)10-8-15/h3-10,13-14,19,21-22,27,30H,11-12,26H2,1-2H3,(H,28,31)(H,29,32)(H,33,34)/t19-,21-,22+/m0/s1. The van der Waals surface area contributed by atoms with Crippen LogP contribution in [0.5, 0.6) is 5.75 Å². The summed E-state index contributed by atoms with van der Waals surface area (Å²) in [4.78, 5) is 40.7. The molecule has 2 aromatic carbocycles. The van der Waals surface area contributed by atoms with E-state index in [1.54, 1.807) is 32.2 Å². The van der Waals surface area contributed by atoms with Gasteiger partial charge >= 0.3 is 5.97 Å². The van der Waals surface area contributed by atoms with E-state index in [0.717, 1.165) is 22.0 Å². The average molecular weight is 467 g/mol. The fraction of sp³-hybridized carbons (Fsp3) is 0.320. The molecule has 0 unspecified atom stereocenters. The molecule has 180 valence electrons. The van der Waals surface area contributed by atoms with Gasteiger partial charge in [-0.2, -0.15) is 0 Å². The molecule has 0 saturated heterocycles. The first kappa shape index (κ1) is 24.8. The number of benzene rings is 2. The number of nitrogens with two attached hydrogens (primary N) is 1. The number of carboxylic acids is 1. The summed E-state index contributed by atoms with van der Waals surface area (Å²) in [5.74, 6) is -2.52. The van der Waals surface area contributed by atoms with Gasteiger partial charge in [-0.1, -0.05) is 44.2 Å². The van der Waals surface area contributed by atoms with Gasteiger partial charge in [0.1, 0.15) is 17.8 Å². The Balaban J connectivity index is 1.79. The number of carboxylic acid groups (broad SMARTS) is 1. The predicted octanol–water partition coefficient (Wildman–Crippen LogP) is 1.70. The van der Waals surface area contributed by atoms with Crippen molar-refractivity contribution < 1.29 is 24.6 Å². The maximum atomic E-state index is 13.1. The van der Waals surface area contributed by atoms with Crippen molar-refractivity contribution in [1.29, 1.82) is 0 Å². The van der Waals surface area contributed by atoms with Crippen LogP contribution in [0.4, 0.5) is 0 Å². The number of amides is 2. The SMILES string of the molecule is CC(C)[C@@H](NC(=O)[C@H](Cc1c[nH]c2ccccc12)NC(=O)[C@@H](N)Cc1ccc(O)cc1)C(=O)O. The summed E-state index contributed by atoms with van der Waals surface area (Å²) in [6.07, 6.45) is 2.12. The van der Waals surface area contributed by atoms with Crippen molar-refractivity contribution in [1.82, 2.24) is 15.6 Å². The Kier molecular flexibility index (Phi) is 7.91. The van der Waals surface area contributed by atoms with Crippen LogP contribution in [-0.2, 0) is 27.2 Å². The average Bonchev–Trinajstić information content (AvgIpc) is 3.20. The first-order valence-corrected chi connectivity index (χ1v) is 11.1. The van der Waals surface area contributed by atoms with E-state index in [4.69, 9.17) is 5.73 Å². The third kappa shape index (κ3) is 6.14. The zero-order valence-electron chi connectivity index (χ0n) is 19.1. The number of carbonyl (C=O) groups is 3. The van der Waals surface area contributed by atoms with Crippen molar-refractivity contribution in [2.75, 3.05) is 0 Å². The predicted molar refractivity (Wildman–Crippen MR) is 128 cm³/mol. The van der Waals surface area contributed by atoms with Gasteiger partial charge in [-0.3, -0.25) is 9.59 Å². The molecule has 0 aliphatic heterocycles. The normalized spacial score (nSPS) is 13.9. The molecule has 7 N–H and O–H groups in total. The first-order chi connectivity index (χ1) is 16.2. The molecule has 0 spiro atoms. The summed E-state index contributed by atoms with van der Waals surface area (Å²) in [6, 6.07) is 10.8. The number of hydrogen-bond donors (Lipinski definition) is 6. The molecule has 2 amide bonds. The molecule has 1 aromatic heterocycles. The highest BCUT2D eigenvalue weighted by atomic mass is 16.4. The Morgan fingerprint density at radius 3 is 2.29 bits per heavy atom. The Bertz CT molecular complexity index is 1160. The second-order valence-electron chi connectivity index (χ2n) is 8.67. The monoisotopic (exact) mass is 466 g/mol. The largest absolute Gasteiger partial charge is 0.508 e. The highest BCUT2D eigenvalue weighted by Gasteiger charge is 2.30. The Morgan fingerprint density at radius 2 is 1.65 bits per heavy atom. The second kappa shape index (κ2) is 10.8. The van der Waals surface area contributed by atoms with Crippen molar-refractivity contribution in [2.24, 2.45) is 11.7 Å². The topological polar surface area (TPSA) is 158 Å². The first-order valence-electron chi connectivity index (χ1n) is 11.1. The van der Waals surface area contributed by atoms with Crippen LogP contribution in [0, 0.1) is 5.92 Å². The van der Waals surface area contributed by atoms with Crippen LogP contribution in [0.25, 0.3) is 10.9 Å². The number of aromatic amines is 1. The quantitative estimate of drug-likeness (QED) is 0.267. The Morgan fingerprint density at radius 1 is 0.971 bits per heavy atom. The van der Waals surface area contributed by atoms with Crippen LogP contribution >= 0.6 is 0 Å². The third-order valence-electron chi connectivity index (χ3n) is 5.69. The highest BCUT2D eigenvalue weighted by molar-refractivity contribution is 5.93. The van der Waals surface area contributed by atoms with Crippen LogP contribution in [0.15, 0.2) is 54.7 Å². The van der Waals surface area contributed by atoms with Crippen LogP contribution in [0.1, 0.15) is 25.0 Å². The second-order valence-corrected chi connectivity index (χ2v) is 8.67. The zero-order chi connectivity index (χ0) is 24.8. The van der Waals surface area contributed by atoms with E-state index in [1.807, 2.05) is 24.3 Å². The van der Waals surface area contributed by atoms with Crippen molar-refractivity contribution in [3.05, 3.63) is 65.9 Å². The molecule has 0 radical (unpaired) electrons. The van der Waals surface area contributed by atoms with E-state index in [9.17, 15) is 24.6 Å². The van der Waals surface area contributed by atoms with Crippen molar-refractivity contribution in [2.45, 2.75) is 44.8 Å². The molecule has 3 aromatic rings. The molecule has 3 rings (SSSR count). The number of carbonyl (C=O) groups excluding carboxylic acids is 2. The van der Waals surface area contributed by atoms with Gasteiger partial charge < -0.3 is 31.6 Å². The number of aliphatic carboxylic acids is 1. The minimum absolute atomic E-state index is 0.107. The molecule has 0 aliphatic carbocycles. The van der Waals surface area contributed by atoms with E-state index >= 15 is 0 Å². The van der Waals surface area contributed by atoms with Gasteiger partial charge in [0.2, 0.25) is 11.8 Å². The molecule has 3 atom stereocenters. The third-order valence-corrected chi connectivity index (χ3v) is 5.69. The molecular formula is C25H30N4O5. The number of phenols is 1. The number of fused-ring (bicyclic) bond motifs is 1. The van der Waals surface area contributed by atoms with Gasteiger partial charge in [-0.05, 0) is 41.7 Å². The number of hydrogen-bond acceptors (Lipinski definition) is 5. The molecule has 0 bridgehead atoms. The smallest absolute Gasteiger partial charge is 0.326 e. The fourth-order valence-corrected chi connectivity index (χ4v) is 3.75. The lowest BCUT2D eigenvalue weighted by atomic mass is 10.0. The lowest BCUT2D eigenvalue weighted by molar-refractivity contribution is -0.143. The number of para-hydroxylation sites is 1. The van der Waals surface area contributed by atoms with E-state index in [0.29, 0.717) is 0 Å². The van der Waals surface area contributed by atoms with Gasteiger partial charge in [0, 0.05) is 23.5 Å². The summed E-state index contributed by atoms with van der Waals surface area (Å²) >= 11 is 0. The molecular weight excluding hydrogens is 436 g/mol. The highest BCUT2D eigenvalue weighted by Crippen LogP contribution is 2.19. The summed E-state index contributed by atoms with van der Waals surface area (Å²) in [7, 11) is 0. The lowest BCUT2D eigenvalue weighted by Gasteiger charge is -2.24. The lowest BCUT2D eigenvalue weighted by Crippen LogP contribution is -2.56. The molecule has 9 nitrogen and oxygen atoms in total. The maximum Gasteiger partial charge on any atom is 0.326 e. The van der Waals surface area contributed by atoms with Crippen LogP contribution in [0.2, 0.25) is 0 Å². The number of aromatic hydroxyl groups is 1. The number of nitrogens with one attached hydrogen (secondary N) is 3. The molecule has 9 heteroatoms. The van der Waals surface area contributed by atoms with E-state index < -0.39 is 35.9 Å². The summed E-state index contributed by atoms with van der Waals surface area (Å²) in [5.41, 5.74) is 8.54. The maximum absolute atomic E-state index is 13.1. The number of aromatic nitrogens is 1. The number of rotatable bonds is 10.